The molecule has 0 saturated heterocycles. The van der Waals surface area contributed by atoms with Gasteiger partial charge in [0.15, 0.2) is 0 Å². The van der Waals surface area contributed by atoms with E-state index in [-0.39, 0.29) is 9.41 Å². The normalized spacial score (nSPS) is 18.9. The first-order valence-electron chi connectivity index (χ1n) is 8.37. The molecule has 0 fully saturated rings. The molecule has 2 unspecified atom stereocenters. The molecule has 2 aliphatic carbocycles. The Morgan fingerprint density at radius 3 is 1.36 bits per heavy atom. The second-order valence-corrected chi connectivity index (χ2v) is 10.8. The molecule has 2 atom stereocenters. The maximum Gasteiger partial charge on any atom is -1.00 e. The van der Waals surface area contributed by atoms with Gasteiger partial charge in [0.25, 0.3) is 0 Å². The van der Waals surface area contributed by atoms with Crippen LogP contribution in [0.5, 0.6) is 0 Å². The Hall–Kier alpha value is -1.34. The van der Waals surface area contributed by atoms with E-state index in [2.05, 4.69) is 76.3 Å². The second kappa shape index (κ2) is 7.50. The maximum atomic E-state index is 2.47. The van der Waals surface area contributed by atoms with Crippen LogP contribution in [0.4, 0.5) is 0 Å². The van der Waals surface area contributed by atoms with E-state index >= 15 is 0 Å². The Balaban J connectivity index is 0.00000113. The third-order valence-electron chi connectivity index (χ3n) is 5.36. The molecule has 25 heavy (non-hydrogen) atoms. The molecule has 0 spiro atoms. The molecule has 0 saturated carbocycles. The van der Waals surface area contributed by atoms with Crippen molar-refractivity contribution in [1.29, 1.82) is 0 Å². The third-order valence-corrected chi connectivity index (χ3v) is 9.60. The zero-order chi connectivity index (χ0) is 16.1. The topological polar surface area (TPSA) is 0 Å². The minimum atomic E-state index is -0.611. The standard InChI is InChI=1S/2C11H11.2FH.Zr/c2*1-8-6-10-4-3-5-11(10)7-9(8)2;;;/h2*3-7H,1-2H3;2*1H;/q;;;;+2/p-2. The number of allylic oxidation sites excluding steroid dienone is 2. The van der Waals surface area contributed by atoms with Crippen molar-refractivity contribution in [1.82, 2.24) is 0 Å². The van der Waals surface area contributed by atoms with Crippen molar-refractivity contribution in [3.05, 3.63) is 80.9 Å². The van der Waals surface area contributed by atoms with Gasteiger partial charge in [-0.1, -0.05) is 0 Å². The van der Waals surface area contributed by atoms with E-state index in [0.29, 0.717) is 0 Å². The van der Waals surface area contributed by atoms with Gasteiger partial charge in [-0.2, -0.15) is 0 Å². The van der Waals surface area contributed by atoms with Crippen molar-refractivity contribution in [3.63, 3.8) is 0 Å². The van der Waals surface area contributed by atoms with Crippen LogP contribution < -0.4 is 9.41 Å². The van der Waals surface area contributed by atoms with E-state index in [1.807, 2.05) is 0 Å². The molecule has 2 aromatic carbocycles. The molecule has 4 rings (SSSR count). The SMILES string of the molecule is Cc1cc2c(cc1C)[CH]([Zr+2][CH]1C=Cc3cc(C)c(C)cc31)C=C2.[F-].[F-]. The number of halogens is 2. The fourth-order valence-electron chi connectivity index (χ4n) is 3.64. The zero-order valence-electron chi connectivity index (χ0n) is 15.0. The summed E-state index contributed by atoms with van der Waals surface area (Å²) in [4.78, 5) is 0. The predicted molar refractivity (Wildman–Crippen MR) is 95.4 cm³/mol. The summed E-state index contributed by atoms with van der Waals surface area (Å²) in [6.45, 7) is 8.93. The Labute approximate surface area is 160 Å². The molecular weight excluding hydrogens is 393 g/mol. The van der Waals surface area contributed by atoms with Crippen molar-refractivity contribution in [3.8, 4) is 0 Å². The first kappa shape index (κ1) is 20.0. The van der Waals surface area contributed by atoms with Crippen LogP contribution in [0.15, 0.2) is 36.4 Å². The maximum absolute atomic E-state index is 2.47. The molecular formula is C22H22F2Zr. The van der Waals surface area contributed by atoms with Gasteiger partial charge < -0.3 is 9.41 Å². The Morgan fingerprint density at radius 1 is 0.600 bits per heavy atom. The minimum absolute atomic E-state index is 0. The van der Waals surface area contributed by atoms with Crippen LogP contribution in [0.1, 0.15) is 51.8 Å². The van der Waals surface area contributed by atoms with Gasteiger partial charge in [-0.15, -0.1) is 0 Å². The van der Waals surface area contributed by atoms with Crippen LogP contribution in [0, 0.1) is 27.7 Å². The van der Waals surface area contributed by atoms with Crippen LogP contribution in [0.25, 0.3) is 12.2 Å². The third kappa shape index (κ3) is 3.49. The molecule has 3 heteroatoms. The van der Waals surface area contributed by atoms with Crippen LogP contribution in [-0.4, -0.2) is 0 Å². The van der Waals surface area contributed by atoms with Crippen molar-refractivity contribution >= 4 is 12.2 Å². The van der Waals surface area contributed by atoms with Gasteiger partial charge in [-0.3, -0.25) is 0 Å². The van der Waals surface area contributed by atoms with E-state index < -0.39 is 23.2 Å². The fourth-order valence-corrected chi connectivity index (χ4v) is 7.72. The second-order valence-electron chi connectivity index (χ2n) is 6.97. The summed E-state index contributed by atoms with van der Waals surface area (Å²) in [6, 6.07) is 9.62. The van der Waals surface area contributed by atoms with Crippen molar-refractivity contribution < 1.29 is 32.6 Å². The molecule has 0 N–H and O–H groups in total. The van der Waals surface area contributed by atoms with Crippen molar-refractivity contribution in [2.24, 2.45) is 0 Å². The quantitative estimate of drug-likeness (QED) is 0.640. The van der Waals surface area contributed by atoms with Crippen LogP contribution in [0.2, 0.25) is 0 Å². The Morgan fingerprint density at radius 2 is 0.960 bits per heavy atom. The predicted octanol–water partition coefficient (Wildman–Crippen LogP) is -0.153. The zero-order valence-corrected chi connectivity index (χ0v) is 17.5. The summed E-state index contributed by atoms with van der Waals surface area (Å²) in [5, 5.41) is 0. The van der Waals surface area contributed by atoms with E-state index in [1.165, 1.54) is 33.4 Å². The van der Waals surface area contributed by atoms with Crippen LogP contribution in [0.3, 0.4) is 0 Å². The van der Waals surface area contributed by atoms with Gasteiger partial charge in [0.05, 0.1) is 0 Å². The summed E-state index contributed by atoms with van der Waals surface area (Å²) >= 11 is -0.611. The number of fused-ring (bicyclic) bond motifs is 2. The van der Waals surface area contributed by atoms with Gasteiger partial charge in [0.2, 0.25) is 0 Å². The van der Waals surface area contributed by atoms with Crippen LogP contribution in [-0.2, 0) is 23.2 Å². The molecule has 2 aliphatic rings. The summed E-state index contributed by atoms with van der Waals surface area (Å²) in [5.74, 6) is 0. The van der Waals surface area contributed by atoms with Crippen LogP contribution >= 0.6 is 0 Å². The first-order valence-corrected chi connectivity index (χ1v) is 11.2. The molecule has 128 valence electrons. The molecule has 2 aromatic rings. The average molecular weight is 416 g/mol. The molecule has 0 aromatic heterocycles. The van der Waals surface area contributed by atoms with Gasteiger partial charge in [-0.05, 0) is 0 Å². The Bertz CT molecular complexity index is 793. The van der Waals surface area contributed by atoms with Crippen molar-refractivity contribution in [2.75, 3.05) is 0 Å². The molecule has 0 amide bonds. The summed E-state index contributed by atoms with van der Waals surface area (Å²) in [6.07, 6.45) is 9.66. The van der Waals surface area contributed by atoms with Gasteiger partial charge in [0, 0.05) is 0 Å². The van der Waals surface area contributed by atoms with Gasteiger partial charge >= 0.3 is 151 Å². The minimum Gasteiger partial charge on any atom is -1.00 e. The van der Waals surface area contributed by atoms with E-state index in [0.717, 1.165) is 7.25 Å². The van der Waals surface area contributed by atoms with Gasteiger partial charge in [-0.25, -0.2) is 0 Å². The monoisotopic (exact) mass is 414 g/mol. The van der Waals surface area contributed by atoms with E-state index in [9.17, 15) is 0 Å². The summed E-state index contributed by atoms with van der Waals surface area (Å²) < 4.78 is 1.44. The molecule has 0 nitrogen and oxygen atoms in total. The smallest absolute Gasteiger partial charge is 1.00 e. The van der Waals surface area contributed by atoms with Crippen molar-refractivity contribution in [2.45, 2.75) is 34.9 Å². The number of rotatable bonds is 2. The summed E-state index contributed by atoms with van der Waals surface area (Å²) in [7, 11) is 0. The first-order chi connectivity index (χ1) is 11.0. The summed E-state index contributed by atoms with van der Waals surface area (Å²) in [5.41, 5.74) is 11.8. The number of hydrogen-bond donors (Lipinski definition) is 0. The molecule has 0 aliphatic heterocycles. The Kier molecular flexibility index (Phi) is 5.99. The number of aryl methyl sites for hydroxylation is 4. The van der Waals surface area contributed by atoms with Gasteiger partial charge in [0.1, 0.15) is 0 Å². The average Bonchev–Trinajstić information content (AvgIpc) is 3.07. The van der Waals surface area contributed by atoms with E-state index in [4.69, 9.17) is 0 Å². The number of benzene rings is 2. The largest absolute Gasteiger partial charge is 1.00 e. The molecule has 0 bridgehead atoms. The number of hydrogen-bond acceptors (Lipinski definition) is 0. The molecule has 0 heterocycles. The molecule has 0 radical (unpaired) electrons. The fraction of sp³-hybridized carbons (Fsp3) is 0.273. The van der Waals surface area contributed by atoms with E-state index in [1.54, 1.807) is 11.1 Å².